The molecule has 1 unspecified atom stereocenters. The van der Waals surface area contributed by atoms with Crippen molar-refractivity contribution < 1.29 is 4.42 Å². The van der Waals surface area contributed by atoms with Crippen molar-refractivity contribution in [2.24, 2.45) is 5.92 Å². The highest BCUT2D eigenvalue weighted by Crippen LogP contribution is 2.39. The van der Waals surface area contributed by atoms with Crippen molar-refractivity contribution in [3.8, 4) is 0 Å². The van der Waals surface area contributed by atoms with Crippen molar-refractivity contribution in [3.05, 3.63) is 144 Å². The summed E-state index contributed by atoms with van der Waals surface area (Å²) >= 11 is 0. The number of allylic oxidation sites excluding steroid dienone is 11. The lowest BCUT2D eigenvalue weighted by Crippen LogP contribution is -2.23. The fourth-order valence-electron chi connectivity index (χ4n) is 6.03. The van der Waals surface area contributed by atoms with Crippen molar-refractivity contribution in [2.45, 2.75) is 32.1 Å². The van der Waals surface area contributed by atoms with E-state index in [-0.39, 0.29) is 0 Å². The number of hydrogen-bond acceptors (Lipinski definition) is 2. The lowest BCUT2D eigenvalue weighted by atomic mass is 9.88. The minimum Gasteiger partial charge on any atom is -0.455 e. The van der Waals surface area contributed by atoms with Gasteiger partial charge in [0.25, 0.3) is 0 Å². The fourth-order valence-corrected chi connectivity index (χ4v) is 6.03. The average Bonchev–Trinajstić information content (AvgIpc) is 3.38. The van der Waals surface area contributed by atoms with Crippen LogP contribution in [0.1, 0.15) is 37.7 Å². The molecular formula is C36H31NO. The summed E-state index contributed by atoms with van der Waals surface area (Å²) < 4.78 is 6.34. The van der Waals surface area contributed by atoms with Gasteiger partial charge in [0.15, 0.2) is 0 Å². The van der Waals surface area contributed by atoms with Crippen LogP contribution in [-0.2, 0) is 0 Å². The summed E-state index contributed by atoms with van der Waals surface area (Å²) in [7, 11) is 0. The fraction of sp³-hybridized carbons (Fsp3) is 0.167. The van der Waals surface area contributed by atoms with E-state index in [1.807, 2.05) is 6.07 Å². The zero-order valence-corrected chi connectivity index (χ0v) is 21.5. The minimum atomic E-state index is 0.476. The number of nitrogens with zero attached hydrogens (tertiary/aromatic N) is 1. The average molecular weight is 494 g/mol. The highest BCUT2D eigenvalue weighted by molar-refractivity contribution is 6.08. The molecule has 0 bridgehead atoms. The second kappa shape index (κ2) is 9.87. The number of hydrogen-bond donors (Lipinski definition) is 0. The van der Waals surface area contributed by atoms with Crippen LogP contribution in [0.5, 0.6) is 0 Å². The first-order valence-corrected chi connectivity index (χ1v) is 13.8. The number of benzene rings is 3. The Bertz CT molecular complexity index is 1690. The van der Waals surface area contributed by atoms with Crippen molar-refractivity contribution in [1.29, 1.82) is 0 Å². The van der Waals surface area contributed by atoms with Crippen LogP contribution in [0.2, 0.25) is 0 Å². The van der Waals surface area contributed by atoms with E-state index in [1.165, 1.54) is 44.6 Å². The Hall–Kier alpha value is -4.30. The molecule has 2 nitrogen and oxygen atoms in total. The third-order valence-electron chi connectivity index (χ3n) is 7.97. The van der Waals surface area contributed by atoms with Gasteiger partial charge in [-0.2, -0.15) is 0 Å². The maximum absolute atomic E-state index is 6.34. The van der Waals surface area contributed by atoms with Gasteiger partial charge < -0.3 is 9.32 Å². The Morgan fingerprint density at radius 1 is 0.737 bits per heavy atom. The third kappa shape index (κ3) is 4.16. The van der Waals surface area contributed by atoms with Crippen molar-refractivity contribution in [2.75, 3.05) is 4.90 Å². The zero-order valence-electron chi connectivity index (χ0n) is 21.5. The van der Waals surface area contributed by atoms with Gasteiger partial charge in [-0.15, -0.1) is 0 Å². The maximum Gasteiger partial charge on any atom is 0.142 e. The highest BCUT2D eigenvalue weighted by Gasteiger charge is 2.22. The Morgan fingerprint density at radius 3 is 2.39 bits per heavy atom. The molecule has 3 aliphatic rings. The zero-order chi connectivity index (χ0) is 25.3. The smallest absolute Gasteiger partial charge is 0.142 e. The SMILES string of the molecule is C1=CC(C2C=CC(N(C3=CC=C(c4cccc5c4oc4ccccc45)CC3)c3ccccc3)=CC2)=CCC1. The summed E-state index contributed by atoms with van der Waals surface area (Å²) in [5, 5.41) is 2.37. The predicted molar refractivity (Wildman–Crippen MR) is 160 cm³/mol. The van der Waals surface area contributed by atoms with E-state index in [9.17, 15) is 0 Å². The standard InChI is InChI=1S/C36H31NO/c1-3-10-26(11-4-1)27-18-22-30(23-19-27)37(29-12-5-2-6-13-29)31-24-20-28(21-25-31)32-15-9-16-34-33-14-7-8-17-35(33)38-36(32)34/h2-3,5-18,20,22-24,27H,1,4,19,21,25H2. The van der Waals surface area contributed by atoms with Crippen LogP contribution < -0.4 is 4.90 Å². The van der Waals surface area contributed by atoms with E-state index in [0.29, 0.717) is 5.92 Å². The van der Waals surface area contributed by atoms with Gasteiger partial charge in [-0.1, -0.05) is 91.1 Å². The van der Waals surface area contributed by atoms with Gasteiger partial charge in [0.05, 0.1) is 0 Å². The van der Waals surface area contributed by atoms with Crippen LogP contribution in [0.4, 0.5) is 5.69 Å². The molecular weight excluding hydrogens is 462 g/mol. The summed E-state index contributed by atoms with van der Waals surface area (Å²) in [5.41, 5.74) is 9.72. The number of fused-ring (bicyclic) bond motifs is 3. The second-order valence-corrected chi connectivity index (χ2v) is 10.3. The Morgan fingerprint density at radius 2 is 1.61 bits per heavy atom. The number of rotatable bonds is 5. The molecule has 3 aliphatic carbocycles. The molecule has 0 saturated carbocycles. The molecule has 0 fully saturated rings. The first-order valence-electron chi connectivity index (χ1n) is 13.8. The molecule has 0 radical (unpaired) electrons. The molecule has 38 heavy (non-hydrogen) atoms. The lowest BCUT2D eigenvalue weighted by Gasteiger charge is -2.32. The van der Waals surface area contributed by atoms with Crippen LogP contribution in [0.25, 0.3) is 27.5 Å². The molecule has 0 amide bonds. The highest BCUT2D eigenvalue weighted by atomic mass is 16.3. The topological polar surface area (TPSA) is 16.4 Å². The van der Waals surface area contributed by atoms with E-state index >= 15 is 0 Å². The molecule has 2 heteroatoms. The molecule has 0 spiro atoms. The summed E-state index contributed by atoms with van der Waals surface area (Å²) in [4.78, 5) is 2.44. The van der Waals surface area contributed by atoms with E-state index in [1.54, 1.807) is 0 Å². The molecule has 7 rings (SSSR count). The number of furan rings is 1. The van der Waals surface area contributed by atoms with E-state index in [0.717, 1.165) is 43.3 Å². The third-order valence-corrected chi connectivity index (χ3v) is 7.97. The Labute approximate surface area is 224 Å². The Balaban J connectivity index is 1.23. The van der Waals surface area contributed by atoms with Crippen LogP contribution in [-0.4, -0.2) is 0 Å². The number of anilines is 1. The first kappa shape index (κ1) is 22.9. The molecule has 3 aromatic carbocycles. The van der Waals surface area contributed by atoms with Gasteiger partial charge in [0, 0.05) is 39.3 Å². The van der Waals surface area contributed by atoms with Crippen molar-refractivity contribution in [3.63, 3.8) is 0 Å². The maximum atomic E-state index is 6.34. The molecule has 1 heterocycles. The van der Waals surface area contributed by atoms with Crippen molar-refractivity contribution >= 4 is 33.2 Å². The van der Waals surface area contributed by atoms with Gasteiger partial charge in [0.1, 0.15) is 11.2 Å². The summed E-state index contributed by atoms with van der Waals surface area (Å²) in [5.74, 6) is 0.476. The first-order chi connectivity index (χ1) is 18.8. The summed E-state index contributed by atoms with van der Waals surface area (Å²) in [6.07, 6.45) is 24.0. The molecule has 4 aromatic rings. The second-order valence-electron chi connectivity index (χ2n) is 10.3. The van der Waals surface area contributed by atoms with Gasteiger partial charge in [0.2, 0.25) is 0 Å². The van der Waals surface area contributed by atoms with Crippen LogP contribution in [0.15, 0.2) is 143 Å². The minimum absolute atomic E-state index is 0.476. The van der Waals surface area contributed by atoms with Gasteiger partial charge in [-0.05, 0) is 73.6 Å². The normalized spacial score (nSPS) is 19.2. The van der Waals surface area contributed by atoms with E-state index in [4.69, 9.17) is 4.42 Å². The van der Waals surface area contributed by atoms with Gasteiger partial charge in [-0.3, -0.25) is 0 Å². The quantitative estimate of drug-likeness (QED) is 0.275. The van der Waals surface area contributed by atoms with Gasteiger partial charge in [-0.25, -0.2) is 0 Å². The van der Waals surface area contributed by atoms with Crippen LogP contribution in [0.3, 0.4) is 0 Å². The summed E-state index contributed by atoms with van der Waals surface area (Å²) in [6.45, 7) is 0. The lowest BCUT2D eigenvalue weighted by molar-refractivity contribution is 0.667. The Kier molecular flexibility index (Phi) is 5.94. The molecule has 0 N–H and O–H groups in total. The van der Waals surface area contributed by atoms with E-state index < -0.39 is 0 Å². The van der Waals surface area contributed by atoms with Crippen LogP contribution >= 0.6 is 0 Å². The molecule has 186 valence electrons. The van der Waals surface area contributed by atoms with Crippen LogP contribution in [0, 0.1) is 5.92 Å². The van der Waals surface area contributed by atoms with E-state index in [2.05, 4.69) is 120 Å². The summed E-state index contributed by atoms with van der Waals surface area (Å²) in [6, 6.07) is 25.6. The monoisotopic (exact) mass is 493 g/mol. The van der Waals surface area contributed by atoms with Crippen molar-refractivity contribution in [1.82, 2.24) is 0 Å². The van der Waals surface area contributed by atoms with Gasteiger partial charge >= 0.3 is 0 Å². The number of para-hydroxylation sites is 3. The molecule has 0 aliphatic heterocycles. The predicted octanol–water partition coefficient (Wildman–Crippen LogP) is 9.89. The molecule has 1 atom stereocenters. The largest absolute Gasteiger partial charge is 0.455 e. The molecule has 1 aromatic heterocycles. The molecule has 0 saturated heterocycles.